The Morgan fingerprint density at radius 2 is 2.00 bits per heavy atom. The first kappa shape index (κ1) is 12.9. The summed E-state index contributed by atoms with van der Waals surface area (Å²) in [5.41, 5.74) is 1.80. The summed E-state index contributed by atoms with van der Waals surface area (Å²) in [4.78, 5) is 12.9. The van der Waals surface area contributed by atoms with E-state index >= 15 is 0 Å². The molecular weight excluding hydrogens is 246 g/mol. The summed E-state index contributed by atoms with van der Waals surface area (Å²) in [6.45, 7) is 8.84. The third kappa shape index (κ3) is 3.22. The highest BCUT2D eigenvalue weighted by Crippen LogP contribution is 2.22. The third-order valence-corrected chi connectivity index (χ3v) is 3.02. The summed E-state index contributed by atoms with van der Waals surface area (Å²) < 4.78 is 4.35. The fourth-order valence-corrected chi connectivity index (χ4v) is 2.03. The van der Waals surface area contributed by atoms with E-state index in [-0.39, 0.29) is 5.41 Å². The standard InChI is InChI=1S/C12H17N5S/c1-8-5-14-9(6-13-8)7-15-11-16-10(17-18-11)12(2,3)4/h5-6H,7H2,1-4H3,(H,15,16,17). The number of anilines is 1. The van der Waals surface area contributed by atoms with Crippen molar-refractivity contribution in [3.8, 4) is 0 Å². The molecule has 2 heterocycles. The molecule has 5 nitrogen and oxygen atoms in total. The van der Waals surface area contributed by atoms with Crippen LogP contribution in [0, 0.1) is 6.92 Å². The van der Waals surface area contributed by atoms with E-state index in [0.717, 1.165) is 22.3 Å². The highest BCUT2D eigenvalue weighted by Gasteiger charge is 2.19. The van der Waals surface area contributed by atoms with E-state index in [1.165, 1.54) is 11.5 Å². The predicted molar refractivity (Wildman–Crippen MR) is 72.7 cm³/mol. The average molecular weight is 263 g/mol. The van der Waals surface area contributed by atoms with Crippen LogP contribution < -0.4 is 5.32 Å². The van der Waals surface area contributed by atoms with Crippen molar-refractivity contribution in [3.63, 3.8) is 0 Å². The maximum Gasteiger partial charge on any atom is 0.202 e. The molecule has 0 spiro atoms. The lowest BCUT2D eigenvalue weighted by atomic mass is 9.96. The molecule has 0 bridgehead atoms. The van der Waals surface area contributed by atoms with Gasteiger partial charge in [0.15, 0.2) is 0 Å². The van der Waals surface area contributed by atoms with Gasteiger partial charge in [-0.15, -0.1) is 0 Å². The Bertz CT molecular complexity index is 512. The van der Waals surface area contributed by atoms with Gasteiger partial charge < -0.3 is 5.32 Å². The number of hydrogen-bond acceptors (Lipinski definition) is 6. The maximum atomic E-state index is 4.46. The van der Waals surface area contributed by atoms with Crippen LogP contribution in [0.1, 0.15) is 38.0 Å². The summed E-state index contributed by atoms with van der Waals surface area (Å²) in [6, 6.07) is 0. The second-order valence-corrected chi connectivity index (χ2v) is 5.93. The molecule has 0 aliphatic carbocycles. The molecule has 2 aromatic rings. The number of aromatic nitrogens is 4. The minimum Gasteiger partial charge on any atom is -0.355 e. The van der Waals surface area contributed by atoms with Crippen molar-refractivity contribution in [2.45, 2.75) is 39.7 Å². The van der Waals surface area contributed by atoms with Gasteiger partial charge in [0.1, 0.15) is 5.82 Å². The average Bonchev–Trinajstić information content (AvgIpc) is 2.77. The van der Waals surface area contributed by atoms with Gasteiger partial charge in [-0.25, -0.2) is 4.98 Å². The van der Waals surface area contributed by atoms with Gasteiger partial charge in [-0.2, -0.15) is 4.37 Å². The molecule has 0 radical (unpaired) electrons. The minimum absolute atomic E-state index is 0.0138. The lowest BCUT2D eigenvalue weighted by Gasteiger charge is -2.12. The van der Waals surface area contributed by atoms with Crippen molar-refractivity contribution < 1.29 is 0 Å². The van der Waals surface area contributed by atoms with Gasteiger partial charge in [0.25, 0.3) is 0 Å². The molecule has 0 aromatic carbocycles. The fraction of sp³-hybridized carbons (Fsp3) is 0.500. The van der Waals surface area contributed by atoms with E-state index < -0.39 is 0 Å². The van der Waals surface area contributed by atoms with E-state index in [2.05, 4.69) is 45.4 Å². The lowest BCUT2D eigenvalue weighted by molar-refractivity contribution is 0.555. The molecule has 0 aliphatic rings. The number of nitrogens with one attached hydrogen (secondary N) is 1. The number of rotatable bonds is 3. The first-order valence-electron chi connectivity index (χ1n) is 5.81. The largest absolute Gasteiger partial charge is 0.355 e. The second kappa shape index (κ2) is 4.97. The summed E-state index contributed by atoms with van der Waals surface area (Å²) in [6.07, 6.45) is 3.53. The van der Waals surface area contributed by atoms with Crippen LogP contribution in [0.15, 0.2) is 12.4 Å². The molecule has 18 heavy (non-hydrogen) atoms. The van der Waals surface area contributed by atoms with Gasteiger partial charge in [-0.1, -0.05) is 20.8 Å². The van der Waals surface area contributed by atoms with Crippen molar-refractivity contribution in [2.24, 2.45) is 0 Å². The highest BCUT2D eigenvalue weighted by atomic mass is 32.1. The van der Waals surface area contributed by atoms with Crippen molar-refractivity contribution >= 4 is 16.7 Å². The maximum absolute atomic E-state index is 4.46. The molecule has 0 fully saturated rings. The van der Waals surface area contributed by atoms with Crippen LogP contribution in [0.4, 0.5) is 5.13 Å². The smallest absolute Gasteiger partial charge is 0.202 e. The third-order valence-electron chi connectivity index (χ3n) is 2.35. The van der Waals surface area contributed by atoms with Crippen molar-refractivity contribution in [1.29, 1.82) is 0 Å². The van der Waals surface area contributed by atoms with Gasteiger partial charge in [-0.05, 0) is 6.92 Å². The SMILES string of the molecule is Cc1cnc(CNc2nc(C(C)(C)C)ns2)cn1. The second-order valence-electron chi connectivity index (χ2n) is 5.18. The first-order chi connectivity index (χ1) is 8.45. The Labute approximate surface area is 111 Å². The van der Waals surface area contributed by atoms with E-state index in [0.29, 0.717) is 6.54 Å². The normalized spacial score (nSPS) is 11.6. The Morgan fingerprint density at radius 1 is 1.22 bits per heavy atom. The molecule has 0 saturated heterocycles. The molecule has 0 amide bonds. The minimum atomic E-state index is -0.0138. The highest BCUT2D eigenvalue weighted by molar-refractivity contribution is 7.09. The van der Waals surface area contributed by atoms with Gasteiger partial charge in [-0.3, -0.25) is 9.97 Å². The Morgan fingerprint density at radius 3 is 2.56 bits per heavy atom. The molecule has 0 aliphatic heterocycles. The van der Waals surface area contributed by atoms with E-state index in [1.54, 1.807) is 12.4 Å². The molecule has 2 rings (SSSR count). The summed E-state index contributed by atoms with van der Waals surface area (Å²) in [5.74, 6) is 0.866. The van der Waals surface area contributed by atoms with Gasteiger partial charge in [0.05, 0.1) is 24.1 Å². The summed E-state index contributed by atoms with van der Waals surface area (Å²) >= 11 is 1.38. The van der Waals surface area contributed by atoms with Crippen LogP contribution in [-0.2, 0) is 12.0 Å². The summed E-state index contributed by atoms with van der Waals surface area (Å²) in [7, 11) is 0. The molecular formula is C12H17N5S. The molecule has 0 atom stereocenters. The van der Waals surface area contributed by atoms with Gasteiger partial charge in [0, 0.05) is 23.1 Å². The molecule has 0 saturated carbocycles. The van der Waals surface area contributed by atoms with Crippen molar-refractivity contribution in [2.75, 3.05) is 5.32 Å². The summed E-state index contributed by atoms with van der Waals surface area (Å²) in [5, 5.41) is 4.04. The van der Waals surface area contributed by atoms with Crippen molar-refractivity contribution in [1.82, 2.24) is 19.3 Å². The van der Waals surface area contributed by atoms with Crippen molar-refractivity contribution in [3.05, 3.63) is 29.6 Å². The van der Waals surface area contributed by atoms with Gasteiger partial charge >= 0.3 is 0 Å². The van der Waals surface area contributed by atoms with Crippen LogP contribution in [0.25, 0.3) is 0 Å². The molecule has 6 heteroatoms. The lowest BCUT2D eigenvalue weighted by Crippen LogP contribution is -2.13. The monoisotopic (exact) mass is 263 g/mol. The molecule has 1 N–H and O–H groups in total. The molecule has 96 valence electrons. The fourth-order valence-electron chi connectivity index (χ4n) is 1.28. The number of aryl methyl sites for hydroxylation is 1. The Kier molecular flexibility index (Phi) is 3.56. The van der Waals surface area contributed by atoms with E-state index in [9.17, 15) is 0 Å². The van der Waals surface area contributed by atoms with Crippen LogP contribution >= 0.6 is 11.5 Å². The topological polar surface area (TPSA) is 63.6 Å². The zero-order valence-corrected chi connectivity index (χ0v) is 11.9. The zero-order valence-electron chi connectivity index (χ0n) is 11.1. The number of hydrogen-bond donors (Lipinski definition) is 1. The van der Waals surface area contributed by atoms with Crippen LogP contribution in [0.5, 0.6) is 0 Å². The van der Waals surface area contributed by atoms with Crippen LogP contribution in [0.2, 0.25) is 0 Å². The quantitative estimate of drug-likeness (QED) is 0.922. The van der Waals surface area contributed by atoms with E-state index in [1.807, 2.05) is 6.92 Å². The predicted octanol–water partition coefficient (Wildman–Crippen LogP) is 2.55. The van der Waals surface area contributed by atoms with Crippen LogP contribution in [-0.4, -0.2) is 19.3 Å². The molecule has 0 unspecified atom stereocenters. The Hall–Kier alpha value is -1.56. The van der Waals surface area contributed by atoms with Crippen LogP contribution in [0.3, 0.4) is 0 Å². The Balaban J connectivity index is 1.98. The zero-order chi connectivity index (χ0) is 13.2. The first-order valence-corrected chi connectivity index (χ1v) is 6.58. The molecule has 2 aromatic heterocycles. The van der Waals surface area contributed by atoms with E-state index in [4.69, 9.17) is 0 Å². The number of nitrogens with zero attached hydrogens (tertiary/aromatic N) is 4. The van der Waals surface area contributed by atoms with Gasteiger partial charge in [0.2, 0.25) is 5.13 Å².